The number of hydrogen-bond acceptors (Lipinski definition) is 3. The zero-order valence-electron chi connectivity index (χ0n) is 9.29. The van der Waals surface area contributed by atoms with Gasteiger partial charge in [-0.15, -0.1) is 0 Å². The van der Waals surface area contributed by atoms with Crippen molar-refractivity contribution in [1.82, 2.24) is 5.32 Å². The molecular weight excluding hydrogens is 235 g/mol. The summed E-state index contributed by atoms with van der Waals surface area (Å²) in [6.45, 7) is 0.396. The fourth-order valence-electron chi connectivity index (χ4n) is 1.23. The van der Waals surface area contributed by atoms with Crippen LogP contribution in [0.2, 0.25) is 0 Å². The van der Waals surface area contributed by atoms with Gasteiger partial charge in [0.15, 0.2) is 0 Å². The lowest BCUT2D eigenvalue weighted by atomic mass is 10.2. The van der Waals surface area contributed by atoms with Crippen molar-refractivity contribution in [3.05, 3.63) is 29.8 Å². The summed E-state index contributed by atoms with van der Waals surface area (Å²) in [5, 5.41) is 12.1. The first-order valence-corrected chi connectivity index (χ1v) is 5.06. The number of ether oxygens (including phenoxy) is 1. The molecule has 96 valence electrons. The van der Waals surface area contributed by atoms with Crippen LogP contribution in [-0.2, 0) is 6.18 Å². The Kier molecular flexibility index (Phi) is 4.77. The van der Waals surface area contributed by atoms with E-state index in [1.54, 1.807) is 7.05 Å². The molecule has 0 heterocycles. The van der Waals surface area contributed by atoms with Gasteiger partial charge in [-0.05, 0) is 31.3 Å². The summed E-state index contributed by atoms with van der Waals surface area (Å²) >= 11 is 0. The number of rotatable bonds is 5. The van der Waals surface area contributed by atoms with Crippen LogP contribution in [0, 0.1) is 0 Å². The van der Waals surface area contributed by atoms with Gasteiger partial charge in [0.25, 0.3) is 0 Å². The second-order valence-electron chi connectivity index (χ2n) is 3.54. The molecule has 0 saturated heterocycles. The summed E-state index contributed by atoms with van der Waals surface area (Å²) in [4.78, 5) is 0. The number of nitrogens with one attached hydrogen (secondary N) is 1. The average Bonchev–Trinajstić information content (AvgIpc) is 2.26. The highest BCUT2D eigenvalue weighted by Gasteiger charge is 2.29. The summed E-state index contributed by atoms with van der Waals surface area (Å²) < 4.78 is 41.9. The zero-order chi connectivity index (χ0) is 12.9. The van der Waals surface area contributed by atoms with Crippen LogP contribution >= 0.6 is 0 Å². The molecular formula is C11H14F3NO2. The van der Waals surface area contributed by atoms with Gasteiger partial charge in [-0.25, -0.2) is 0 Å². The molecule has 0 saturated carbocycles. The molecule has 1 unspecified atom stereocenters. The zero-order valence-corrected chi connectivity index (χ0v) is 9.29. The minimum atomic E-state index is -4.34. The number of alkyl halides is 3. The molecule has 3 nitrogen and oxygen atoms in total. The van der Waals surface area contributed by atoms with E-state index in [-0.39, 0.29) is 6.61 Å². The molecule has 0 amide bonds. The van der Waals surface area contributed by atoms with Crippen LogP contribution in [0.5, 0.6) is 5.75 Å². The molecule has 0 fully saturated rings. The van der Waals surface area contributed by atoms with Crippen LogP contribution in [0.15, 0.2) is 24.3 Å². The summed E-state index contributed by atoms with van der Waals surface area (Å²) in [7, 11) is 1.68. The summed E-state index contributed by atoms with van der Waals surface area (Å²) in [5.41, 5.74) is -0.722. The Bertz CT molecular complexity index is 338. The highest BCUT2D eigenvalue weighted by molar-refractivity contribution is 5.28. The standard InChI is InChI=1S/C11H14F3NO2/c1-15-6-9(16)7-17-10-4-2-8(3-5-10)11(12,13)14/h2-5,9,15-16H,6-7H2,1H3. The summed E-state index contributed by atoms with van der Waals surface area (Å²) in [5.74, 6) is 0.299. The van der Waals surface area contributed by atoms with E-state index in [1.807, 2.05) is 0 Å². The SMILES string of the molecule is CNCC(O)COc1ccc(C(F)(F)F)cc1. The highest BCUT2D eigenvalue weighted by Crippen LogP contribution is 2.30. The van der Waals surface area contributed by atoms with Crippen LogP contribution in [-0.4, -0.2) is 31.4 Å². The smallest absolute Gasteiger partial charge is 0.416 e. The molecule has 0 aliphatic carbocycles. The molecule has 0 spiro atoms. The van der Waals surface area contributed by atoms with Crippen molar-refractivity contribution in [2.75, 3.05) is 20.2 Å². The van der Waals surface area contributed by atoms with E-state index in [0.29, 0.717) is 12.3 Å². The van der Waals surface area contributed by atoms with Crippen LogP contribution in [0.3, 0.4) is 0 Å². The van der Waals surface area contributed by atoms with Gasteiger partial charge >= 0.3 is 6.18 Å². The van der Waals surface area contributed by atoms with Gasteiger partial charge in [0, 0.05) is 6.54 Å². The van der Waals surface area contributed by atoms with Crippen LogP contribution in [0.4, 0.5) is 13.2 Å². The molecule has 0 aromatic heterocycles. The summed E-state index contributed by atoms with van der Waals surface area (Å²) in [6.07, 6.45) is -5.04. The minimum Gasteiger partial charge on any atom is -0.491 e. The number of benzene rings is 1. The molecule has 2 N–H and O–H groups in total. The van der Waals surface area contributed by atoms with Gasteiger partial charge in [-0.1, -0.05) is 0 Å². The Morgan fingerprint density at radius 2 is 1.88 bits per heavy atom. The number of halogens is 3. The van der Waals surface area contributed by atoms with Crippen molar-refractivity contribution in [3.63, 3.8) is 0 Å². The molecule has 0 aliphatic heterocycles. The van der Waals surface area contributed by atoms with Gasteiger partial charge in [-0.2, -0.15) is 13.2 Å². The monoisotopic (exact) mass is 249 g/mol. The van der Waals surface area contributed by atoms with Gasteiger partial charge in [0.1, 0.15) is 18.5 Å². The molecule has 1 atom stereocenters. The van der Waals surface area contributed by atoms with Gasteiger partial charge in [0.05, 0.1) is 5.56 Å². The second kappa shape index (κ2) is 5.88. The van der Waals surface area contributed by atoms with E-state index < -0.39 is 17.8 Å². The molecule has 1 aromatic rings. The third-order valence-corrected chi connectivity index (χ3v) is 2.06. The molecule has 0 bridgehead atoms. The quantitative estimate of drug-likeness (QED) is 0.834. The highest BCUT2D eigenvalue weighted by atomic mass is 19.4. The predicted molar refractivity (Wildman–Crippen MR) is 56.9 cm³/mol. The van der Waals surface area contributed by atoms with Crippen molar-refractivity contribution in [1.29, 1.82) is 0 Å². The maximum absolute atomic E-state index is 12.2. The van der Waals surface area contributed by atoms with E-state index >= 15 is 0 Å². The second-order valence-corrected chi connectivity index (χ2v) is 3.54. The summed E-state index contributed by atoms with van der Waals surface area (Å²) in [6, 6.07) is 4.35. The maximum atomic E-state index is 12.2. The largest absolute Gasteiger partial charge is 0.491 e. The average molecular weight is 249 g/mol. The van der Waals surface area contributed by atoms with Crippen molar-refractivity contribution in [2.24, 2.45) is 0 Å². The van der Waals surface area contributed by atoms with E-state index in [9.17, 15) is 18.3 Å². The molecule has 1 rings (SSSR count). The van der Waals surface area contributed by atoms with E-state index in [1.165, 1.54) is 12.1 Å². The van der Waals surface area contributed by atoms with Gasteiger partial charge in [0.2, 0.25) is 0 Å². The molecule has 0 radical (unpaired) electrons. The molecule has 17 heavy (non-hydrogen) atoms. The van der Waals surface area contributed by atoms with Crippen molar-refractivity contribution in [3.8, 4) is 5.75 Å². The first kappa shape index (κ1) is 13.8. The van der Waals surface area contributed by atoms with E-state index in [4.69, 9.17) is 4.74 Å². The number of hydrogen-bond donors (Lipinski definition) is 2. The molecule has 6 heteroatoms. The van der Waals surface area contributed by atoms with Crippen molar-refractivity contribution in [2.45, 2.75) is 12.3 Å². The maximum Gasteiger partial charge on any atom is 0.416 e. The lowest BCUT2D eigenvalue weighted by molar-refractivity contribution is -0.137. The number of likely N-dealkylation sites (N-methyl/N-ethyl adjacent to an activating group) is 1. The third kappa shape index (κ3) is 4.62. The van der Waals surface area contributed by atoms with E-state index in [2.05, 4.69) is 5.32 Å². The number of aliphatic hydroxyl groups is 1. The minimum absolute atomic E-state index is 0.0339. The van der Waals surface area contributed by atoms with Crippen LogP contribution in [0.25, 0.3) is 0 Å². The molecule has 0 aliphatic rings. The Labute approximate surface area is 97.2 Å². The van der Waals surface area contributed by atoms with Crippen LogP contribution in [0.1, 0.15) is 5.56 Å². The Morgan fingerprint density at radius 1 is 1.29 bits per heavy atom. The molecule has 1 aromatic carbocycles. The van der Waals surface area contributed by atoms with Crippen molar-refractivity contribution >= 4 is 0 Å². The van der Waals surface area contributed by atoms with Gasteiger partial charge in [-0.3, -0.25) is 0 Å². The normalized spacial score (nSPS) is 13.5. The predicted octanol–water partition coefficient (Wildman–Crippen LogP) is 1.66. The first-order valence-electron chi connectivity index (χ1n) is 5.06. The Balaban J connectivity index is 2.51. The first-order chi connectivity index (χ1) is 7.93. The topological polar surface area (TPSA) is 41.5 Å². The van der Waals surface area contributed by atoms with Crippen molar-refractivity contribution < 1.29 is 23.0 Å². The van der Waals surface area contributed by atoms with Gasteiger partial charge < -0.3 is 15.2 Å². The third-order valence-electron chi connectivity index (χ3n) is 2.06. The Hall–Kier alpha value is -1.27. The fraction of sp³-hybridized carbons (Fsp3) is 0.455. The number of aliphatic hydroxyl groups excluding tert-OH is 1. The fourth-order valence-corrected chi connectivity index (χ4v) is 1.23. The Morgan fingerprint density at radius 3 is 2.35 bits per heavy atom. The lowest BCUT2D eigenvalue weighted by Gasteiger charge is -2.12. The van der Waals surface area contributed by atoms with E-state index in [0.717, 1.165) is 12.1 Å². The van der Waals surface area contributed by atoms with Crippen LogP contribution < -0.4 is 10.1 Å². The lowest BCUT2D eigenvalue weighted by Crippen LogP contribution is -2.29.